The van der Waals surface area contributed by atoms with Crippen LogP contribution in [0.15, 0.2) is 78.9 Å². The fourth-order valence-electron chi connectivity index (χ4n) is 3.92. The summed E-state index contributed by atoms with van der Waals surface area (Å²) in [6.45, 7) is 0. The number of nitrogens with one attached hydrogen (secondary N) is 1. The number of H-pyrrole nitrogens is 1. The second-order valence-electron chi connectivity index (χ2n) is 7.98. The van der Waals surface area contributed by atoms with Crippen molar-refractivity contribution in [1.82, 2.24) is 20.6 Å². The Bertz CT molecular complexity index is 1130. The Morgan fingerprint density at radius 3 is 2.28 bits per heavy atom. The SMILES string of the molecule is O=C(O)C(CCCc1ccccc1)CCc1ccc(-c2cccc(-c3nnn[nH]3)c2)cc1. The zero-order chi connectivity index (χ0) is 22.2. The van der Waals surface area contributed by atoms with Crippen LogP contribution in [0.2, 0.25) is 0 Å². The molecular formula is C26H26N4O2. The minimum absolute atomic E-state index is 0.314. The number of aryl methyl sites for hydroxylation is 2. The molecule has 0 saturated carbocycles. The van der Waals surface area contributed by atoms with Crippen molar-refractivity contribution in [3.05, 3.63) is 90.0 Å². The van der Waals surface area contributed by atoms with E-state index in [2.05, 4.69) is 63.1 Å². The summed E-state index contributed by atoms with van der Waals surface area (Å²) >= 11 is 0. The molecule has 0 aliphatic heterocycles. The minimum Gasteiger partial charge on any atom is -0.481 e. The van der Waals surface area contributed by atoms with Gasteiger partial charge in [-0.25, -0.2) is 5.10 Å². The van der Waals surface area contributed by atoms with Gasteiger partial charge in [0.15, 0.2) is 5.82 Å². The van der Waals surface area contributed by atoms with E-state index in [1.54, 1.807) is 0 Å². The highest BCUT2D eigenvalue weighted by Crippen LogP contribution is 2.25. The third kappa shape index (κ3) is 5.66. The van der Waals surface area contributed by atoms with E-state index in [0.29, 0.717) is 18.7 Å². The molecule has 4 rings (SSSR count). The highest BCUT2D eigenvalue weighted by Gasteiger charge is 2.17. The summed E-state index contributed by atoms with van der Waals surface area (Å²) in [5, 5.41) is 23.6. The molecule has 4 aromatic rings. The molecule has 0 aliphatic rings. The fourth-order valence-corrected chi connectivity index (χ4v) is 3.92. The van der Waals surface area contributed by atoms with Crippen molar-refractivity contribution in [3.8, 4) is 22.5 Å². The summed E-state index contributed by atoms with van der Waals surface area (Å²) in [5.41, 5.74) is 5.52. The summed E-state index contributed by atoms with van der Waals surface area (Å²) in [6.07, 6.45) is 3.91. The maximum Gasteiger partial charge on any atom is 0.306 e. The van der Waals surface area contributed by atoms with Crippen molar-refractivity contribution in [1.29, 1.82) is 0 Å². The number of aromatic amines is 1. The molecule has 3 aromatic carbocycles. The second kappa shape index (κ2) is 10.5. The topological polar surface area (TPSA) is 91.8 Å². The molecule has 1 unspecified atom stereocenters. The number of rotatable bonds is 10. The van der Waals surface area contributed by atoms with Crippen LogP contribution in [-0.4, -0.2) is 31.7 Å². The normalized spacial score (nSPS) is 11.9. The molecule has 6 heteroatoms. The maximum absolute atomic E-state index is 11.7. The van der Waals surface area contributed by atoms with Gasteiger partial charge in [-0.15, -0.1) is 5.10 Å². The van der Waals surface area contributed by atoms with Gasteiger partial charge in [0, 0.05) is 5.56 Å². The molecule has 0 bridgehead atoms. The van der Waals surface area contributed by atoms with Crippen LogP contribution in [0.3, 0.4) is 0 Å². The Morgan fingerprint density at radius 2 is 1.56 bits per heavy atom. The van der Waals surface area contributed by atoms with Gasteiger partial charge in [-0.2, -0.15) is 0 Å². The summed E-state index contributed by atoms with van der Waals surface area (Å²) < 4.78 is 0. The van der Waals surface area contributed by atoms with Crippen LogP contribution in [0.1, 0.15) is 30.4 Å². The molecular weight excluding hydrogens is 400 g/mol. The fraction of sp³-hybridized carbons (Fsp3) is 0.231. The van der Waals surface area contributed by atoms with Gasteiger partial charge in [-0.1, -0.05) is 72.8 Å². The molecule has 0 amide bonds. The van der Waals surface area contributed by atoms with Crippen molar-refractivity contribution >= 4 is 5.97 Å². The summed E-state index contributed by atoms with van der Waals surface area (Å²) in [7, 11) is 0. The average molecular weight is 427 g/mol. The summed E-state index contributed by atoms with van der Waals surface area (Å²) in [4.78, 5) is 11.7. The van der Waals surface area contributed by atoms with Gasteiger partial charge in [0.2, 0.25) is 0 Å². The molecule has 1 heterocycles. The number of benzene rings is 3. The Labute approximate surface area is 187 Å². The third-order valence-electron chi connectivity index (χ3n) is 5.76. The zero-order valence-electron chi connectivity index (χ0n) is 17.8. The van der Waals surface area contributed by atoms with E-state index in [-0.39, 0.29) is 5.92 Å². The number of hydrogen-bond donors (Lipinski definition) is 2. The molecule has 1 atom stereocenters. The molecule has 162 valence electrons. The molecule has 0 spiro atoms. The highest BCUT2D eigenvalue weighted by atomic mass is 16.4. The van der Waals surface area contributed by atoms with Crippen LogP contribution in [0.5, 0.6) is 0 Å². The van der Waals surface area contributed by atoms with Crippen molar-refractivity contribution in [3.63, 3.8) is 0 Å². The predicted molar refractivity (Wildman–Crippen MR) is 124 cm³/mol. The standard InChI is InChI=1S/C26H26N4O2/c31-26(32)22(9-4-8-19-6-2-1-3-7-19)17-14-20-12-15-21(16-13-20)23-10-5-11-24(18-23)25-27-29-30-28-25/h1-3,5-7,10-13,15-16,18,22H,4,8-9,14,17H2,(H,31,32)(H,27,28,29,30). The molecule has 32 heavy (non-hydrogen) atoms. The quantitative estimate of drug-likeness (QED) is 0.364. The Morgan fingerprint density at radius 1 is 0.812 bits per heavy atom. The summed E-state index contributed by atoms with van der Waals surface area (Å²) in [5.74, 6) is -0.380. The van der Waals surface area contributed by atoms with Crippen LogP contribution in [0, 0.1) is 5.92 Å². The second-order valence-corrected chi connectivity index (χ2v) is 7.98. The van der Waals surface area contributed by atoms with Crippen molar-refractivity contribution in [2.24, 2.45) is 5.92 Å². The minimum atomic E-state index is -0.701. The Hall–Kier alpha value is -3.80. The van der Waals surface area contributed by atoms with Gasteiger partial charge in [0.1, 0.15) is 0 Å². The van der Waals surface area contributed by atoms with E-state index in [1.807, 2.05) is 36.4 Å². The number of tetrazole rings is 1. The van der Waals surface area contributed by atoms with E-state index in [9.17, 15) is 9.90 Å². The molecule has 0 fully saturated rings. The van der Waals surface area contributed by atoms with Gasteiger partial charge >= 0.3 is 5.97 Å². The largest absolute Gasteiger partial charge is 0.481 e. The first-order valence-electron chi connectivity index (χ1n) is 10.9. The van der Waals surface area contributed by atoms with Gasteiger partial charge in [0.25, 0.3) is 0 Å². The zero-order valence-corrected chi connectivity index (χ0v) is 17.8. The summed E-state index contributed by atoms with van der Waals surface area (Å²) in [6, 6.07) is 26.6. The van der Waals surface area contributed by atoms with Crippen molar-refractivity contribution in [2.45, 2.75) is 32.1 Å². The smallest absolute Gasteiger partial charge is 0.306 e. The third-order valence-corrected chi connectivity index (χ3v) is 5.76. The van der Waals surface area contributed by atoms with E-state index in [1.165, 1.54) is 5.56 Å². The molecule has 2 N–H and O–H groups in total. The van der Waals surface area contributed by atoms with Gasteiger partial charge in [-0.05, 0) is 70.9 Å². The van der Waals surface area contributed by atoms with Crippen LogP contribution in [0.25, 0.3) is 22.5 Å². The molecule has 0 aliphatic carbocycles. The number of aliphatic carboxylic acids is 1. The van der Waals surface area contributed by atoms with Crippen LogP contribution in [0.4, 0.5) is 0 Å². The van der Waals surface area contributed by atoms with Gasteiger partial charge in [0.05, 0.1) is 5.92 Å². The van der Waals surface area contributed by atoms with Crippen LogP contribution < -0.4 is 0 Å². The predicted octanol–water partition coefficient (Wildman–Crippen LogP) is 5.19. The van der Waals surface area contributed by atoms with E-state index >= 15 is 0 Å². The lowest BCUT2D eigenvalue weighted by Crippen LogP contribution is -2.15. The van der Waals surface area contributed by atoms with E-state index in [4.69, 9.17) is 0 Å². The lowest BCUT2D eigenvalue weighted by Gasteiger charge is -2.13. The van der Waals surface area contributed by atoms with Crippen LogP contribution >= 0.6 is 0 Å². The van der Waals surface area contributed by atoms with E-state index in [0.717, 1.165) is 41.5 Å². The van der Waals surface area contributed by atoms with Crippen molar-refractivity contribution < 1.29 is 9.90 Å². The Kier molecular flexibility index (Phi) is 7.02. The number of aromatic nitrogens is 4. The monoisotopic (exact) mass is 426 g/mol. The number of carboxylic acid groups (broad SMARTS) is 1. The van der Waals surface area contributed by atoms with Crippen LogP contribution in [-0.2, 0) is 17.6 Å². The van der Waals surface area contributed by atoms with E-state index < -0.39 is 5.97 Å². The molecule has 6 nitrogen and oxygen atoms in total. The number of carbonyl (C=O) groups is 1. The molecule has 0 radical (unpaired) electrons. The highest BCUT2D eigenvalue weighted by molar-refractivity contribution is 5.71. The average Bonchev–Trinajstić information content (AvgIpc) is 3.37. The first-order chi connectivity index (χ1) is 15.7. The molecule has 1 aromatic heterocycles. The lowest BCUT2D eigenvalue weighted by molar-refractivity contribution is -0.142. The number of nitrogens with zero attached hydrogens (tertiary/aromatic N) is 3. The molecule has 0 saturated heterocycles. The van der Waals surface area contributed by atoms with Gasteiger partial charge < -0.3 is 5.11 Å². The maximum atomic E-state index is 11.7. The van der Waals surface area contributed by atoms with Crippen molar-refractivity contribution in [2.75, 3.05) is 0 Å². The number of hydrogen-bond acceptors (Lipinski definition) is 4. The first-order valence-corrected chi connectivity index (χ1v) is 10.9. The first kappa shape index (κ1) is 21.4. The lowest BCUT2D eigenvalue weighted by atomic mass is 9.93. The van der Waals surface area contributed by atoms with Gasteiger partial charge in [-0.3, -0.25) is 4.79 Å². The number of carboxylic acids is 1. The Balaban J connectivity index is 1.33.